The molecule has 8 nitrogen and oxygen atoms in total. The number of carbonyl (C=O) groups excluding carboxylic acids is 1. The highest BCUT2D eigenvalue weighted by Gasteiger charge is 2.22. The number of nitrogens with zero attached hydrogens (tertiary/aromatic N) is 4. The highest BCUT2D eigenvalue weighted by atomic mass is 16.2. The Hall–Kier alpha value is -3.68. The molecule has 2 aromatic rings. The Morgan fingerprint density at radius 1 is 1.04 bits per heavy atom. The second-order valence-electron chi connectivity index (χ2n) is 6.44. The number of H-pyrrole nitrogens is 1. The number of piperazine rings is 1. The number of fused-ring (bicyclic) bond motifs is 3. The summed E-state index contributed by atoms with van der Waals surface area (Å²) < 4.78 is 1.39. The van der Waals surface area contributed by atoms with Crippen LogP contribution < -0.4 is 15.8 Å². The van der Waals surface area contributed by atoms with E-state index in [-0.39, 0.29) is 18.0 Å². The molecule has 0 atom stereocenters. The number of hydrogen-bond acceptors (Lipinski definition) is 5. The molecule has 0 unspecified atom stereocenters. The number of aromatic amines is 1. The fourth-order valence-electron chi connectivity index (χ4n) is 3.37. The van der Waals surface area contributed by atoms with Gasteiger partial charge in [-0.2, -0.15) is 9.78 Å². The van der Waals surface area contributed by atoms with E-state index in [2.05, 4.69) is 15.4 Å². The molecule has 0 bridgehead atoms. The van der Waals surface area contributed by atoms with Gasteiger partial charge in [0.05, 0.1) is 23.3 Å². The zero-order valence-electron chi connectivity index (χ0n) is 14.3. The number of anilines is 1. The van der Waals surface area contributed by atoms with Gasteiger partial charge in [-0.05, 0) is 24.3 Å². The van der Waals surface area contributed by atoms with Crippen molar-refractivity contribution >= 4 is 22.8 Å². The van der Waals surface area contributed by atoms with Crippen molar-refractivity contribution in [1.29, 1.82) is 0 Å². The highest BCUT2D eigenvalue weighted by Crippen LogP contribution is 2.26. The molecule has 3 aliphatic heterocycles. The summed E-state index contributed by atoms with van der Waals surface area (Å²) >= 11 is 0. The first-order valence-corrected chi connectivity index (χ1v) is 8.69. The van der Waals surface area contributed by atoms with Crippen LogP contribution >= 0.6 is 0 Å². The van der Waals surface area contributed by atoms with Crippen LogP contribution in [-0.4, -0.2) is 45.3 Å². The van der Waals surface area contributed by atoms with E-state index >= 15 is 0 Å². The van der Waals surface area contributed by atoms with E-state index in [1.54, 1.807) is 6.20 Å². The Morgan fingerprint density at radius 3 is 2.70 bits per heavy atom. The molecule has 8 heteroatoms. The summed E-state index contributed by atoms with van der Waals surface area (Å²) in [6.07, 6.45) is 1.67. The lowest BCUT2D eigenvalue weighted by molar-refractivity contribution is -0.120. The molecule has 134 valence electrons. The monoisotopic (exact) mass is 360 g/mol. The van der Waals surface area contributed by atoms with Gasteiger partial charge >= 0.3 is 0 Å². The van der Waals surface area contributed by atoms with Crippen molar-refractivity contribution in [3.8, 4) is 16.9 Å². The Labute approximate surface area is 153 Å². The molecule has 1 fully saturated rings. The standard InChI is InChI=1S/C19H16N6O2/c26-16-11-24(9-8-20-16)15-7-6-14-18(22-15)17-13(10-21-14)19(27)25(23-17)12-4-2-1-3-5-12/h1-7,10,21H,8-9,11H2,(H,20,26). The van der Waals surface area contributed by atoms with Crippen molar-refractivity contribution in [1.82, 2.24) is 25.1 Å². The van der Waals surface area contributed by atoms with Crippen molar-refractivity contribution in [3.63, 3.8) is 0 Å². The maximum Gasteiger partial charge on any atom is 0.282 e. The molecule has 5 rings (SSSR count). The van der Waals surface area contributed by atoms with E-state index < -0.39 is 0 Å². The normalized spacial score (nSPS) is 14.7. The minimum absolute atomic E-state index is 0.0249. The summed E-state index contributed by atoms with van der Waals surface area (Å²) in [4.78, 5) is 34.2. The molecule has 1 amide bonds. The molecule has 4 heterocycles. The maximum absolute atomic E-state index is 12.8. The van der Waals surface area contributed by atoms with E-state index in [4.69, 9.17) is 4.98 Å². The SMILES string of the molecule is O=C1CN(c2ccc3[nH]cc4c(=O)n(-c5ccccc5)nc-4c3n2)CCN1. The zero-order chi connectivity index (χ0) is 18.4. The third-order valence-electron chi connectivity index (χ3n) is 4.72. The summed E-state index contributed by atoms with van der Waals surface area (Å²) in [6.45, 7) is 1.54. The van der Waals surface area contributed by atoms with Crippen molar-refractivity contribution in [2.45, 2.75) is 0 Å². The minimum atomic E-state index is -0.195. The topological polar surface area (TPSA) is 95.9 Å². The molecular weight excluding hydrogens is 344 g/mol. The molecule has 0 radical (unpaired) electrons. The second kappa shape index (κ2) is 5.94. The van der Waals surface area contributed by atoms with Crippen molar-refractivity contribution in [3.05, 3.63) is 59.0 Å². The lowest BCUT2D eigenvalue weighted by atomic mass is 10.2. The van der Waals surface area contributed by atoms with Crippen LogP contribution in [0.4, 0.5) is 5.82 Å². The van der Waals surface area contributed by atoms with Crippen molar-refractivity contribution in [2.75, 3.05) is 24.5 Å². The number of amides is 1. The van der Waals surface area contributed by atoms with Crippen LogP contribution in [0.2, 0.25) is 0 Å². The van der Waals surface area contributed by atoms with Crippen LogP contribution in [0.3, 0.4) is 0 Å². The van der Waals surface area contributed by atoms with Crippen molar-refractivity contribution in [2.24, 2.45) is 0 Å². The molecule has 0 saturated carbocycles. The molecule has 0 spiro atoms. The molecule has 2 N–H and O–H groups in total. The minimum Gasteiger partial charge on any atom is -0.359 e. The van der Waals surface area contributed by atoms with Gasteiger partial charge < -0.3 is 15.2 Å². The van der Waals surface area contributed by atoms with E-state index in [9.17, 15) is 9.59 Å². The number of pyridine rings is 2. The number of para-hydroxylation sites is 1. The number of aromatic nitrogens is 4. The quantitative estimate of drug-likeness (QED) is 0.559. The van der Waals surface area contributed by atoms with Gasteiger partial charge in [-0.15, -0.1) is 0 Å². The summed E-state index contributed by atoms with van der Waals surface area (Å²) in [5.41, 5.74) is 2.93. The van der Waals surface area contributed by atoms with Crippen LogP contribution in [-0.2, 0) is 4.79 Å². The number of hydrogen-bond donors (Lipinski definition) is 2. The molecule has 0 aliphatic carbocycles. The van der Waals surface area contributed by atoms with Crippen LogP contribution in [0.5, 0.6) is 0 Å². The van der Waals surface area contributed by atoms with Gasteiger partial charge in [-0.1, -0.05) is 18.2 Å². The molecule has 27 heavy (non-hydrogen) atoms. The van der Waals surface area contributed by atoms with Gasteiger partial charge in [-0.25, -0.2) is 4.98 Å². The fraction of sp³-hybridized carbons (Fsp3) is 0.158. The van der Waals surface area contributed by atoms with E-state index in [1.165, 1.54) is 4.68 Å². The number of rotatable bonds is 2. The van der Waals surface area contributed by atoms with Gasteiger partial charge in [-0.3, -0.25) is 9.59 Å². The van der Waals surface area contributed by atoms with Crippen LogP contribution in [0.25, 0.3) is 28.0 Å². The largest absolute Gasteiger partial charge is 0.359 e. The summed E-state index contributed by atoms with van der Waals surface area (Å²) in [5, 5.41) is 7.34. The van der Waals surface area contributed by atoms with Gasteiger partial charge in [0.25, 0.3) is 5.56 Å². The Bertz CT molecular complexity index is 1180. The Morgan fingerprint density at radius 2 is 1.89 bits per heavy atom. The first kappa shape index (κ1) is 15.6. The van der Waals surface area contributed by atoms with Crippen molar-refractivity contribution < 1.29 is 4.79 Å². The number of benzene rings is 1. The van der Waals surface area contributed by atoms with Gasteiger partial charge in [0.15, 0.2) is 0 Å². The third-order valence-corrected chi connectivity index (χ3v) is 4.72. The second-order valence-corrected chi connectivity index (χ2v) is 6.44. The maximum atomic E-state index is 12.8. The molecule has 3 aliphatic rings. The molecular formula is C19H16N6O2. The summed E-state index contributed by atoms with van der Waals surface area (Å²) in [5.74, 6) is 0.670. The Kier molecular flexibility index (Phi) is 3.43. The molecule has 1 saturated heterocycles. The van der Waals surface area contributed by atoms with Gasteiger partial charge in [0.2, 0.25) is 5.91 Å². The van der Waals surface area contributed by atoms with Gasteiger partial charge in [0, 0.05) is 19.3 Å². The Balaban J connectivity index is 1.68. The highest BCUT2D eigenvalue weighted by molar-refractivity contribution is 5.91. The van der Waals surface area contributed by atoms with Crippen LogP contribution in [0.1, 0.15) is 0 Å². The van der Waals surface area contributed by atoms with Crippen LogP contribution in [0, 0.1) is 0 Å². The number of carbonyl (C=O) groups is 1. The van der Waals surface area contributed by atoms with E-state index in [0.29, 0.717) is 41.4 Å². The predicted molar refractivity (Wildman–Crippen MR) is 101 cm³/mol. The summed E-state index contributed by atoms with van der Waals surface area (Å²) in [6, 6.07) is 13.1. The zero-order valence-corrected chi connectivity index (χ0v) is 14.3. The third kappa shape index (κ3) is 2.53. The average molecular weight is 360 g/mol. The first-order valence-electron chi connectivity index (χ1n) is 8.69. The van der Waals surface area contributed by atoms with E-state index in [1.807, 2.05) is 47.4 Å². The lowest BCUT2D eigenvalue weighted by Gasteiger charge is -2.27. The predicted octanol–water partition coefficient (Wildman–Crippen LogP) is 1.15. The molecule has 1 aromatic carbocycles. The summed E-state index contributed by atoms with van der Waals surface area (Å²) in [7, 11) is 0. The smallest absolute Gasteiger partial charge is 0.282 e. The fourth-order valence-corrected chi connectivity index (χ4v) is 3.37. The molecule has 1 aromatic heterocycles. The van der Waals surface area contributed by atoms with Crippen LogP contribution in [0.15, 0.2) is 53.5 Å². The lowest BCUT2D eigenvalue weighted by Crippen LogP contribution is -2.48. The number of nitrogens with one attached hydrogen (secondary N) is 2. The van der Waals surface area contributed by atoms with E-state index in [0.717, 1.165) is 5.52 Å². The van der Waals surface area contributed by atoms with Gasteiger partial charge in [0.1, 0.15) is 17.0 Å². The average Bonchev–Trinajstić information content (AvgIpc) is 3.05. The first-order chi connectivity index (χ1) is 13.2.